The average molecular weight is 344 g/mol. The van der Waals surface area contributed by atoms with E-state index in [2.05, 4.69) is 4.99 Å². The number of hydrogen-bond donors (Lipinski definition) is 1. The number of halogens is 4. The molecule has 120 valence electrons. The van der Waals surface area contributed by atoms with Crippen LogP contribution >= 0.6 is 11.6 Å². The lowest BCUT2D eigenvalue weighted by Crippen LogP contribution is -2.66. The lowest BCUT2D eigenvalue weighted by Gasteiger charge is -2.32. The van der Waals surface area contributed by atoms with E-state index in [0.29, 0.717) is 0 Å². The number of amides is 2. The summed E-state index contributed by atoms with van der Waals surface area (Å²) in [7, 11) is 0. The molecule has 0 saturated heterocycles. The van der Waals surface area contributed by atoms with Crippen LogP contribution in [0.1, 0.15) is 17.3 Å². The van der Waals surface area contributed by atoms with Gasteiger partial charge >= 0.3 is 6.18 Å². The molecule has 0 bridgehead atoms. The van der Waals surface area contributed by atoms with Crippen LogP contribution in [0.2, 0.25) is 5.02 Å². The Kier molecular flexibility index (Phi) is 4.18. The van der Waals surface area contributed by atoms with Crippen LogP contribution in [0.15, 0.2) is 29.3 Å². The van der Waals surface area contributed by atoms with Gasteiger partial charge in [-0.1, -0.05) is 23.7 Å². The molecule has 0 radical (unpaired) electrons. The van der Waals surface area contributed by atoms with Crippen molar-refractivity contribution < 1.29 is 22.8 Å². The quantitative estimate of drug-likeness (QED) is 0.895. The second kappa shape index (κ2) is 5.66. The van der Waals surface area contributed by atoms with Crippen molar-refractivity contribution in [2.75, 3.05) is 0 Å². The van der Waals surface area contributed by atoms with E-state index >= 15 is 0 Å². The van der Waals surface area contributed by atoms with Crippen LogP contribution in [-0.2, 0) is 4.79 Å². The molecule has 0 spiro atoms. The molecular weight excluding hydrogens is 335 g/mol. The van der Waals surface area contributed by atoms with Crippen LogP contribution in [0.5, 0.6) is 0 Å². The van der Waals surface area contributed by atoms with E-state index in [1.165, 1.54) is 30.3 Å². The number of nitriles is 1. The average Bonchev–Trinajstić information content (AvgIpc) is 2.69. The Balaban J connectivity index is 2.51. The molecule has 2 rings (SSSR count). The number of carbonyl (C=O) groups excluding carboxylic acids is 2. The minimum Gasteiger partial charge on any atom is -0.329 e. The Morgan fingerprint density at radius 3 is 2.57 bits per heavy atom. The van der Waals surface area contributed by atoms with Crippen molar-refractivity contribution in [1.82, 2.24) is 5.32 Å². The molecule has 2 unspecified atom stereocenters. The van der Waals surface area contributed by atoms with E-state index < -0.39 is 29.4 Å². The Hall–Kier alpha value is -2.40. The summed E-state index contributed by atoms with van der Waals surface area (Å²) in [6.45, 7) is 1.13. The zero-order chi connectivity index (χ0) is 17.4. The van der Waals surface area contributed by atoms with Gasteiger partial charge in [0, 0.05) is 5.71 Å². The van der Waals surface area contributed by atoms with Crippen molar-refractivity contribution in [2.24, 2.45) is 10.9 Å². The number of alkyl halides is 3. The van der Waals surface area contributed by atoms with Crippen LogP contribution in [0.25, 0.3) is 0 Å². The summed E-state index contributed by atoms with van der Waals surface area (Å²) in [6.07, 6.45) is -5.21. The molecule has 1 aliphatic rings. The molecule has 1 heterocycles. The van der Waals surface area contributed by atoms with Crippen LogP contribution in [0, 0.1) is 17.2 Å². The van der Waals surface area contributed by atoms with E-state index in [4.69, 9.17) is 16.9 Å². The summed E-state index contributed by atoms with van der Waals surface area (Å²) in [5.41, 5.74) is -3.97. The summed E-state index contributed by atoms with van der Waals surface area (Å²) in [5, 5.41) is 10.6. The maximum absolute atomic E-state index is 13.6. The van der Waals surface area contributed by atoms with Gasteiger partial charge in [-0.3, -0.25) is 9.59 Å². The van der Waals surface area contributed by atoms with Gasteiger partial charge in [0.15, 0.2) is 0 Å². The van der Waals surface area contributed by atoms with Crippen molar-refractivity contribution in [3.8, 4) is 6.07 Å². The maximum atomic E-state index is 13.6. The lowest BCUT2D eigenvalue weighted by molar-refractivity contribution is -0.197. The second-order valence-electron chi connectivity index (χ2n) is 4.86. The van der Waals surface area contributed by atoms with E-state index in [0.717, 1.165) is 6.92 Å². The molecular formula is C14H9ClF3N3O2. The van der Waals surface area contributed by atoms with Gasteiger partial charge in [0.2, 0.25) is 5.54 Å². The highest BCUT2D eigenvalue weighted by Crippen LogP contribution is 2.41. The first-order chi connectivity index (χ1) is 10.6. The number of benzene rings is 1. The minimum atomic E-state index is -5.21. The third kappa shape index (κ3) is 2.57. The summed E-state index contributed by atoms with van der Waals surface area (Å²) >= 11 is 5.78. The normalized spacial score (nSPS) is 24.1. The highest BCUT2D eigenvalue weighted by molar-refractivity contribution is 6.34. The zero-order valence-corrected chi connectivity index (χ0v) is 12.4. The second-order valence-corrected chi connectivity index (χ2v) is 5.27. The van der Waals surface area contributed by atoms with Crippen LogP contribution < -0.4 is 5.32 Å². The van der Waals surface area contributed by atoms with Gasteiger partial charge in [0.25, 0.3) is 11.8 Å². The highest BCUT2D eigenvalue weighted by atomic mass is 35.5. The molecule has 1 N–H and O–H groups in total. The van der Waals surface area contributed by atoms with Gasteiger partial charge in [-0.15, -0.1) is 0 Å². The van der Waals surface area contributed by atoms with Crippen molar-refractivity contribution >= 4 is 29.1 Å². The first kappa shape index (κ1) is 17.0. The molecule has 9 heteroatoms. The summed E-state index contributed by atoms with van der Waals surface area (Å²) in [6, 6.07) is 6.81. The molecule has 5 nitrogen and oxygen atoms in total. The Morgan fingerprint density at radius 2 is 2.04 bits per heavy atom. The number of nitrogens with one attached hydrogen (secondary N) is 1. The predicted molar refractivity (Wildman–Crippen MR) is 74.9 cm³/mol. The monoisotopic (exact) mass is 343 g/mol. The summed E-state index contributed by atoms with van der Waals surface area (Å²) in [5.74, 6) is -4.79. The van der Waals surface area contributed by atoms with Gasteiger partial charge in [0.05, 0.1) is 16.7 Å². The Bertz CT molecular complexity index is 754. The Labute approximate surface area is 133 Å². The smallest absolute Gasteiger partial charge is 0.329 e. The molecule has 0 aliphatic carbocycles. The minimum absolute atomic E-state index is 0.0843. The number of carbonyl (C=O) groups is 2. The third-order valence-electron chi connectivity index (χ3n) is 3.47. The molecule has 0 saturated carbocycles. The third-order valence-corrected chi connectivity index (χ3v) is 3.80. The number of hydrogen-bond acceptors (Lipinski definition) is 3. The number of rotatable bonds is 2. The van der Waals surface area contributed by atoms with Crippen molar-refractivity contribution in [3.63, 3.8) is 0 Å². The summed E-state index contributed by atoms with van der Waals surface area (Å²) in [4.78, 5) is 27.3. The van der Waals surface area contributed by atoms with Crippen LogP contribution in [0.4, 0.5) is 13.2 Å². The maximum Gasteiger partial charge on any atom is 0.422 e. The Morgan fingerprint density at radius 1 is 1.43 bits per heavy atom. The van der Waals surface area contributed by atoms with E-state index in [9.17, 15) is 22.8 Å². The topological polar surface area (TPSA) is 82.3 Å². The first-order valence-corrected chi connectivity index (χ1v) is 6.66. The standard InChI is InChI=1S/C14H9ClF3N3O2/c1-7-9(6-19)13(12(23)20-7,14(16,17)18)21-11(22)8-4-2-3-5-10(8)15/h2-5,9H,1H3,(H,21,22). The number of nitrogens with zero attached hydrogens (tertiary/aromatic N) is 2. The molecule has 2 atom stereocenters. The van der Waals surface area contributed by atoms with Crippen molar-refractivity contribution in [3.05, 3.63) is 34.9 Å². The number of aliphatic imine (C=N–C) groups is 1. The molecule has 23 heavy (non-hydrogen) atoms. The molecule has 1 aromatic rings. The van der Waals surface area contributed by atoms with Crippen molar-refractivity contribution in [1.29, 1.82) is 5.26 Å². The van der Waals surface area contributed by atoms with Crippen molar-refractivity contribution in [2.45, 2.75) is 18.6 Å². The van der Waals surface area contributed by atoms with Crippen LogP contribution in [0.3, 0.4) is 0 Å². The molecule has 0 aromatic heterocycles. The van der Waals surface area contributed by atoms with E-state index in [1.807, 2.05) is 0 Å². The van der Waals surface area contributed by atoms with Gasteiger partial charge in [-0.25, -0.2) is 4.99 Å². The fraction of sp³-hybridized carbons (Fsp3) is 0.286. The SMILES string of the molecule is CC1=NC(=O)C(NC(=O)c2ccccc2Cl)(C(F)(F)F)C1C#N. The fourth-order valence-electron chi connectivity index (χ4n) is 2.31. The van der Waals surface area contributed by atoms with Crippen LogP contribution in [-0.4, -0.2) is 29.2 Å². The predicted octanol–water partition coefficient (Wildman–Crippen LogP) is 2.51. The molecule has 1 aliphatic heterocycles. The van der Waals surface area contributed by atoms with Gasteiger partial charge in [-0.05, 0) is 19.1 Å². The zero-order valence-electron chi connectivity index (χ0n) is 11.6. The first-order valence-electron chi connectivity index (χ1n) is 6.28. The van der Waals surface area contributed by atoms with Gasteiger partial charge in [-0.2, -0.15) is 18.4 Å². The lowest BCUT2D eigenvalue weighted by atomic mass is 9.83. The van der Waals surface area contributed by atoms with Gasteiger partial charge in [0.1, 0.15) is 5.92 Å². The largest absolute Gasteiger partial charge is 0.422 e. The van der Waals surface area contributed by atoms with E-state index in [1.54, 1.807) is 5.32 Å². The molecule has 2 amide bonds. The molecule has 0 fully saturated rings. The highest BCUT2D eigenvalue weighted by Gasteiger charge is 2.69. The fourth-order valence-corrected chi connectivity index (χ4v) is 2.53. The van der Waals surface area contributed by atoms with E-state index in [-0.39, 0.29) is 16.3 Å². The molecule has 1 aromatic carbocycles. The van der Waals surface area contributed by atoms with Gasteiger partial charge < -0.3 is 5.32 Å². The summed E-state index contributed by atoms with van der Waals surface area (Å²) < 4.78 is 40.7.